The van der Waals surface area contributed by atoms with Gasteiger partial charge >= 0.3 is 0 Å². The van der Waals surface area contributed by atoms with Gasteiger partial charge in [0, 0.05) is 17.5 Å². The Kier molecular flexibility index (Phi) is 1.78. The van der Waals surface area contributed by atoms with E-state index in [4.69, 9.17) is 0 Å². The van der Waals surface area contributed by atoms with Gasteiger partial charge in [-0.2, -0.15) is 0 Å². The highest BCUT2D eigenvalue weighted by atomic mass is 16.1. The molecule has 1 aliphatic carbocycles. The average Bonchev–Trinajstić information content (AvgIpc) is 2.95. The Morgan fingerprint density at radius 1 is 1.31 bits per heavy atom. The maximum Gasteiger partial charge on any atom is 0.251 e. The number of fused-ring (bicyclic) bond motifs is 3. The zero-order valence-electron chi connectivity index (χ0n) is 10.0. The predicted octanol–water partition coefficient (Wildman–Crippen LogP) is 2.58. The Morgan fingerprint density at radius 2 is 2.06 bits per heavy atom. The lowest BCUT2D eigenvalue weighted by Gasteiger charge is -2.27. The number of nitrogens with one attached hydrogen (secondary N) is 1. The van der Waals surface area contributed by atoms with E-state index in [2.05, 4.69) is 32.2 Å². The van der Waals surface area contributed by atoms with Gasteiger partial charge in [0.15, 0.2) is 0 Å². The van der Waals surface area contributed by atoms with Crippen molar-refractivity contribution in [2.24, 2.45) is 0 Å². The standard InChI is InChI=1S/C14H17NO/c1-14(2,3)10-6-4-5-8-12(10)9-7-11(9)15-13(8)16/h4-6,9,11H,7H2,1-3H3,(H,15,16). The van der Waals surface area contributed by atoms with Crippen LogP contribution in [0.25, 0.3) is 0 Å². The van der Waals surface area contributed by atoms with Gasteiger partial charge < -0.3 is 5.32 Å². The fourth-order valence-corrected chi connectivity index (χ4v) is 2.74. The molecule has 1 amide bonds. The number of hydrogen-bond acceptors (Lipinski definition) is 1. The van der Waals surface area contributed by atoms with Gasteiger partial charge in [-0.3, -0.25) is 4.79 Å². The smallest absolute Gasteiger partial charge is 0.251 e. The first-order chi connectivity index (χ1) is 7.48. The van der Waals surface area contributed by atoms with Crippen LogP contribution in [0.2, 0.25) is 0 Å². The molecule has 2 aliphatic rings. The van der Waals surface area contributed by atoms with Crippen LogP contribution in [0.1, 0.15) is 54.6 Å². The van der Waals surface area contributed by atoms with E-state index in [1.165, 1.54) is 11.1 Å². The Hall–Kier alpha value is -1.31. The van der Waals surface area contributed by atoms with E-state index in [-0.39, 0.29) is 11.3 Å². The van der Waals surface area contributed by atoms with Crippen molar-refractivity contribution in [2.45, 2.75) is 44.6 Å². The third-order valence-electron chi connectivity index (χ3n) is 3.64. The molecule has 1 aliphatic heterocycles. The van der Waals surface area contributed by atoms with Crippen LogP contribution in [0.15, 0.2) is 18.2 Å². The van der Waals surface area contributed by atoms with Gasteiger partial charge in [-0.05, 0) is 29.0 Å². The molecule has 84 valence electrons. The van der Waals surface area contributed by atoms with E-state index >= 15 is 0 Å². The Labute approximate surface area is 96.1 Å². The van der Waals surface area contributed by atoms with Crippen molar-refractivity contribution in [1.29, 1.82) is 0 Å². The number of carbonyl (C=O) groups excluding carboxylic acids is 1. The number of amides is 1. The molecule has 1 aromatic rings. The summed E-state index contributed by atoms with van der Waals surface area (Å²) in [7, 11) is 0. The van der Waals surface area contributed by atoms with Crippen LogP contribution in [0.5, 0.6) is 0 Å². The molecule has 0 radical (unpaired) electrons. The third kappa shape index (κ3) is 1.29. The first-order valence-corrected chi connectivity index (χ1v) is 5.93. The maximum atomic E-state index is 11.9. The molecule has 1 fully saturated rings. The fraction of sp³-hybridized carbons (Fsp3) is 0.500. The van der Waals surface area contributed by atoms with Crippen LogP contribution >= 0.6 is 0 Å². The van der Waals surface area contributed by atoms with Gasteiger partial charge in [0.25, 0.3) is 5.91 Å². The van der Waals surface area contributed by atoms with Crippen LogP contribution in [0.3, 0.4) is 0 Å². The number of rotatable bonds is 0. The second-order valence-electron chi connectivity index (χ2n) is 5.94. The van der Waals surface area contributed by atoms with Crippen molar-refractivity contribution in [3.63, 3.8) is 0 Å². The number of carbonyl (C=O) groups is 1. The second kappa shape index (κ2) is 2.88. The summed E-state index contributed by atoms with van der Waals surface area (Å²) >= 11 is 0. The Bertz CT molecular complexity index is 470. The first-order valence-electron chi connectivity index (χ1n) is 5.93. The highest BCUT2D eigenvalue weighted by Crippen LogP contribution is 2.48. The molecule has 1 aromatic carbocycles. The second-order valence-corrected chi connectivity index (χ2v) is 5.94. The largest absolute Gasteiger partial charge is 0.349 e. The Balaban J connectivity index is 2.22. The average molecular weight is 215 g/mol. The van der Waals surface area contributed by atoms with Crippen molar-refractivity contribution in [1.82, 2.24) is 5.32 Å². The molecular weight excluding hydrogens is 198 g/mol. The van der Waals surface area contributed by atoms with Gasteiger partial charge in [0.1, 0.15) is 0 Å². The molecule has 16 heavy (non-hydrogen) atoms. The lowest BCUT2D eigenvalue weighted by molar-refractivity contribution is 0.0943. The summed E-state index contributed by atoms with van der Waals surface area (Å²) in [5.74, 6) is 0.683. The molecule has 0 saturated heterocycles. The SMILES string of the molecule is CC(C)(C)c1cccc2c1C1CC1NC2=O. The zero-order chi connectivity index (χ0) is 11.5. The maximum absolute atomic E-state index is 11.9. The summed E-state index contributed by atoms with van der Waals surface area (Å²) in [5, 5.41) is 3.05. The van der Waals surface area contributed by atoms with Crippen molar-refractivity contribution < 1.29 is 4.79 Å². The van der Waals surface area contributed by atoms with E-state index in [1.807, 2.05) is 12.1 Å². The summed E-state index contributed by atoms with van der Waals surface area (Å²) in [6, 6.07) is 6.53. The lowest BCUT2D eigenvalue weighted by Crippen LogP contribution is -2.33. The molecule has 0 aromatic heterocycles. The molecule has 0 bridgehead atoms. The monoisotopic (exact) mass is 215 g/mol. The summed E-state index contributed by atoms with van der Waals surface area (Å²) in [6.07, 6.45) is 1.12. The summed E-state index contributed by atoms with van der Waals surface area (Å²) in [4.78, 5) is 11.9. The van der Waals surface area contributed by atoms with Gasteiger partial charge in [-0.15, -0.1) is 0 Å². The normalized spacial score (nSPS) is 26.8. The number of benzene rings is 1. The quantitative estimate of drug-likeness (QED) is 0.708. The van der Waals surface area contributed by atoms with E-state index in [0.717, 1.165) is 12.0 Å². The van der Waals surface area contributed by atoms with Crippen molar-refractivity contribution in [2.75, 3.05) is 0 Å². The molecule has 0 spiro atoms. The van der Waals surface area contributed by atoms with E-state index in [9.17, 15) is 4.79 Å². The molecule has 1 N–H and O–H groups in total. The molecule has 2 unspecified atom stereocenters. The van der Waals surface area contributed by atoms with E-state index < -0.39 is 0 Å². The van der Waals surface area contributed by atoms with Crippen LogP contribution < -0.4 is 5.32 Å². The minimum Gasteiger partial charge on any atom is -0.349 e. The zero-order valence-corrected chi connectivity index (χ0v) is 10.0. The van der Waals surface area contributed by atoms with Gasteiger partial charge in [0.2, 0.25) is 0 Å². The summed E-state index contributed by atoms with van der Waals surface area (Å²) in [5.41, 5.74) is 3.66. The molecule has 3 rings (SSSR count). The number of hydrogen-bond donors (Lipinski definition) is 1. The summed E-state index contributed by atoms with van der Waals surface area (Å²) < 4.78 is 0. The highest BCUT2D eigenvalue weighted by Gasteiger charge is 2.47. The lowest BCUT2D eigenvalue weighted by atomic mass is 9.80. The van der Waals surface area contributed by atoms with Crippen molar-refractivity contribution >= 4 is 5.91 Å². The molecule has 1 heterocycles. The van der Waals surface area contributed by atoms with Crippen LogP contribution in [0, 0.1) is 0 Å². The minimum absolute atomic E-state index is 0.111. The van der Waals surface area contributed by atoms with E-state index in [1.54, 1.807) is 0 Å². The highest BCUT2D eigenvalue weighted by molar-refractivity contribution is 5.98. The predicted molar refractivity (Wildman–Crippen MR) is 63.8 cm³/mol. The van der Waals surface area contributed by atoms with Crippen LogP contribution in [-0.4, -0.2) is 11.9 Å². The van der Waals surface area contributed by atoms with Crippen LogP contribution in [0.4, 0.5) is 0 Å². The fourth-order valence-electron chi connectivity index (χ4n) is 2.74. The molecule has 2 heteroatoms. The van der Waals surface area contributed by atoms with Gasteiger partial charge in [-0.1, -0.05) is 32.9 Å². The molecule has 1 saturated carbocycles. The molecular formula is C14H17NO. The van der Waals surface area contributed by atoms with Gasteiger partial charge in [0.05, 0.1) is 0 Å². The third-order valence-corrected chi connectivity index (χ3v) is 3.64. The van der Waals surface area contributed by atoms with Gasteiger partial charge in [-0.25, -0.2) is 0 Å². The van der Waals surface area contributed by atoms with Crippen molar-refractivity contribution in [3.8, 4) is 0 Å². The topological polar surface area (TPSA) is 29.1 Å². The molecule has 2 atom stereocenters. The molecule has 2 nitrogen and oxygen atoms in total. The van der Waals surface area contributed by atoms with E-state index in [0.29, 0.717) is 12.0 Å². The van der Waals surface area contributed by atoms with Crippen molar-refractivity contribution in [3.05, 3.63) is 34.9 Å². The summed E-state index contributed by atoms with van der Waals surface area (Å²) in [6.45, 7) is 6.64. The minimum atomic E-state index is 0.111. The Morgan fingerprint density at radius 3 is 2.75 bits per heavy atom. The first kappa shape index (κ1) is 9.88. The van der Waals surface area contributed by atoms with Crippen LogP contribution in [-0.2, 0) is 5.41 Å².